The normalized spacial score (nSPS) is 15.2. The second-order valence-corrected chi connectivity index (χ2v) is 10.7. The van der Waals surface area contributed by atoms with E-state index in [1.807, 2.05) is 31.4 Å². The summed E-state index contributed by atoms with van der Waals surface area (Å²) in [5.74, 6) is 1.01. The van der Waals surface area contributed by atoms with Gasteiger partial charge in [-0.05, 0) is 48.4 Å². The van der Waals surface area contributed by atoms with Crippen molar-refractivity contribution in [1.82, 2.24) is 20.2 Å². The lowest BCUT2D eigenvalue weighted by molar-refractivity contribution is 0.0913. The van der Waals surface area contributed by atoms with Gasteiger partial charge in [0.1, 0.15) is 6.04 Å². The molecule has 1 aromatic carbocycles. The van der Waals surface area contributed by atoms with Crippen LogP contribution in [0.3, 0.4) is 0 Å². The highest BCUT2D eigenvalue weighted by Crippen LogP contribution is 2.38. The minimum atomic E-state index is -3.75. The average Bonchev–Trinajstić information content (AvgIpc) is 3.25. The van der Waals surface area contributed by atoms with Crippen LogP contribution >= 0.6 is 11.3 Å². The van der Waals surface area contributed by atoms with Gasteiger partial charge in [0.2, 0.25) is 15.9 Å². The summed E-state index contributed by atoms with van der Waals surface area (Å²) in [5.41, 5.74) is 0.242. The summed E-state index contributed by atoms with van der Waals surface area (Å²) in [6, 6.07) is 9.22. The zero-order valence-corrected chi connectivity index (χ0v) is 18.9. The molecule has 2 N–H and O–H groups in total. The van der Waals surface area contributed by atoms with Crippen LogP contribution in [0.2, 0.25) is 0 Å². The van der Waals surface area contributed by atoms with Crippen LogP contribution in [0.5, 0.6) is 0 Å². The van der Waals surface area contributed by atoms with Crippen molar-refractivity contribution >= 4 is 27.3 Å². The van der Waals surface area contributed by atoms with E-state index < -0.39 is 22.0 Å². The Kier molecular flexibility index (Phi) is 6.22. The zero-order chi connectivity index (χ0) is 22.0. The molecule has 2 aromatic heterocycles. The number of carbonyl (C=O) groups is 1. The van der Waals surface area contributed by atoms with Gasteiger partial charge in [0.05, 0.1) is 4.90 Å². The zero-order valence-electron chi connectivity index (χ0n) is 17.2. The third-order valence-corrected chi connectivity index (χ3v) is 7.32. The molecule has 164 valence electrons. The van der Waals surface area contributed by atoms with Crippen LogP contribution in [-0.4, -0.2) is 24.5 Å². The molecule has 0 aliphatic heterocycles. The van der Waals surface area contributed by atoms with E-state index in [9.17, 15) is 13.2 Å². The van der Waals surface area contributed by atoms with E-state index in [-0.39, 0.29) is 22.9 Å². The lowest BCUT2D eigenvalue weighted by atomic mass is 10.0. The Labute approximate surface area is 185 Å². The molecule has 1 atom stereocenters. The van der Waals surface area contributed by atoms with E-state index in [0.29, 0.717) is 17.6 Å². The first kappa shape index (κ1) is 21.7. The van der Waals surface area contributed by atoms with Gasteiger partial charge in [0.15, 0.2) is 5.82 Å². The molecule has 1 amide bonds. The maximum atomic E-state index is 12.9. The van der Waals surface area contributed by atoms with E-state index in [2.05, 4.69) is 20.2 Å². The van der Waals surface area contributed by atoms with Crippen LogP contribution < -0.4 is 10.0 Å². The van der Waals surface area contributed by atoms with E-state index in [1.165, 1.54) is 23.5 Å². The largest absolute Gasteiger partial charge is 0.340 e. The van der Waals surface area contributed by atoms with Crippen molar-refractivity contribution in [2.75, 3.05) is 0 Å². The molecule has 1 aliphatic carbocycles. The summed E-state index contributed by atoms with van der Waals surface area (Å²) in [4.78, 5) is 18.3. The van der Waals surface area contributed by atoms with Gasteiger partial charge in [-0.25, -0.2) is 13.1 Å². The fourth-order valence-electron chi connectivity index (χ4n) is 3.09. The minimum absolute atomic E-state index is 0.0100. The molecular formula is C21H24N4O4S2. The fourth-order valence-corrected chi connectivity index (χ4v) is 4.87. The summed E-state index contributed by atoms with van der Waals surface area (Å²) in [6.07, 6.45) is 2.11. The monoisotopic (exact) mass is 460 g/mol. The number of aromatic nitrogens is 2. The van der Waals surface area contributed by atoms with Gasteiger partial charge in [-0.15, -0.1) is 11.3 Å². The molecule has 4 rings (SSSR count). The molecule has 0 spiro atoms. The second-order valence-electron chi connectivity index (χ2n) is 7.89. The molecule has 1 fully saturated rings. The van der Waals surface area contributed by atoms with Crippen molar-refractivity contribution in [3.63, 3.8) is 0 Å². The topological polar surface area (TPSA) is 114 Å². The van der Waals surface area contributed by atoms with Crippen LogP contribution in [0, 0.1) is 5.92 Å². The van der Waals surface area contributed by atoms with E-state index in [1.54, 1.807) is 12.1 Å². The highest BCUT2D eigenvalue weighted by molar-refractivity contribution is 7.89. The SMILES string of the molecule is CC(C)C(NC(=O)c1cccc(S(=O)(=O)NCc2cccs2)c1)c1nc(C2CC2)no1. The van der Waals surface area contributed by atoms with Gasteiger partial charge in [-0.1, -0.05) is 31.1 Å². The number of sulfonamides is 1. The number of hydrogen-bond acceptors (Lipinski definition) is 7. The van der Waals surface area contributed by atoms with Crippen LogP contribution in [0.25, 0.3) is 0 Å². The summed E-state index contributed by atoms with van der Waals surface area (Å²) >= 11 is 1.47. The highest BCUT2D eigenvalue weighted by Gasteiger charge is 2.32. The highest BCUT2D eigenvalue weighted by atomic mass is 32.2. The maximum Gasteiger partial charge on any atom is 0.251 e. The van der Waals surface area contributed by atoms with Gasteiger partial charge in [-0.3, -0.25) is 4.79 Å². The number of thiophene rings is 1. The van der Waals surface area contributed by atoms with Crippen molar-refractivity contribution in [3.8, 4) is 0 Å². The summed E-state index contributed by atoms with van der Waals surface area (Å²) in [7, 11) is -3.75. The van der Waals surface area contributed by atoms with Gasteiger partial charge in [0, 0.05) is 22.9 Å². The van der Waals surface area contributed by atoms with E-state index >= 15 is 0 Å². The van der Waals surface area contributed by atoms with Crippen molar-refractivity contribution in [3.05, 3.63) is 63.9 Å². The van der Waals surface area contributed by atoms with Crippen molar-refractivity contribution in [2.45, 2.75) is 50.1 Å². The molecule has 1 unspecified atom stereocenters. The molecule has 1 aliphatic rings. The number of rotatable bonds is 9. The molecule has 0 bridgehead atoms. The Bertz CT molecular complexity index is 1150. The Morgan fingerprint density at radius 1 is 1.26 bits per heavy atom. The fraction of sp³-hybridized carbons (Fsp3) is 0.381. The van der Waals surface area contributed by atoms with E-state index in [4.69, 9.17) is 4.52 Å². The lowest BCUT2D eigenvalue weighted by Crippen LogP contribution is -2.32. The second kappa shape index (κ2) is 8.89. The number of amides is 1. The molecule has 10 heteroatoms. The van der Waals surface area contributed by atoms with Crippen molar-refractivity contribution in [1.29, 1.82) is 0 Å². The Balaban J connectivity index is 1.48. The Hall–Kier alpha value is -2.56. The van der Waals surface area contributed by atoms with Crippen molar-refractivity contribution < 1.29 is 17.7 Å². The number of nitrogens with one attached hydrogen (secondary N) is 2. The first-order valence-corrected chi connectivity index (χ1v) is 12.5. The summed E-state index contributed by atoms with van der Waals surface area (Å²) in [6.45, 7) is 4.09. The molecule has 0 radical (unpaired) electrons. The molecule has 31 heavy (non-hydrogen) atoms. The van der Waals surface area contributed by atoms with E-state index in [0.717, 1.165) is 17.7 Å². The predicted molar refractivity (Wildman–Crippen MR) is 116 cm³/mol. The number of nitrogens with zero attached hydrogens (tertiary/aromatic N) is 2. The number of carbonyl (C=O) groups excluding carboxylic acids is 1. The van der Waals surface area contributed by atoms with Crippen LogP contribution in [-0.2, 0) is 16.6 Å². The number of benzene rings is 1. The smallest absolute Gasteiger partial charge is 0.251 e. The lowest BCUT2D eigenvalue weighted by Gasteiger charge is -2.18. The average molecular weight is 461 g/mol. The minimum Gasteiger partial charge on any atom is -0.340 e. The van der Waals surface area contributed by atoms with Gasteiger partial charge < -0.3 is 9.84 Å². The molecule has 3 aromatic rings. The molecular weight excluding hydrogens is 436 g/mol. The van der Waals surface area contributed by atoms with Gasteiger partial charge in [-0.2, -0.15) is 4.98 Å². The Morgan fingerprint density at radius 3 is 2.74 bits per heavy atom. The molecule has 0 saturated heterocycles. The molecule has 2 heterocycles. The first-order valence-electron chi connectivity index (χ1n) is 10.1. The van der Waals surface area contributed by atoms with Crippen LogP contribution in [0.15, 0.2) is 51.2 Å². The van der Waals surface area contributed by atoms with Crippen molar-refractivity contribution in [2.24, 2.45) is 5.92 Å². The molecule has 8 nitrogen and oxygen atoms in total. The summed E-state index contributed by atoms with van der Waals surface area (Å²) < 4.78 is 33.3. The first-order chi connectivity index (χ1) is 14.8. The third kappa shape index (κ3) is 5.20. The quantitative estimate of drug-likeness (QED) is 0.504. The number of hydrogen-bond donors (Lipinski definition) is 2. The Morgan fingerprint density at radius 2 is 2.06 bits per heavy atom. The van der Waals surface area contributed by atoms with Crippen LogP contribution in [0.4, 0.5) is 0 Å². The maximum absolute atomic E-state index is 12.9. The predicted octanol–water partition coefficient (Wildman–Crippen LogP) is 3.61. The summed E-state index contributed by atoms with van der Waals surface area (Å²) in [5, 5.41) is 8.82. The molecule has 1 saturated carbocycles. The van der Waals surface area contributed by atoms with Gasteiger partial charge >= 0.3 is 0 Å². The van der Waals surface area contributed by atoms with Crippen LogP contribution in [0.1, 0.15) is 65.6 Å². The van der Waals surface area contributed by atoms with Gasteiger partial charge in [0.25, 0.3) is 5.91 Å². The standard InChI is InChI=1S/C21H24N4O4S2/c1-13(2)18(21-24-19(25-29-21)14-8-9-14)23-20(26)15-5-3-7-17(11-15)31(27,28)22-12-16-6-4-10-30-16/h3-7,10-11,13-14,18,22H,8-9,12H2,1-2H3,(H,23,26). The third-order valence-electron chi connectivity index (χ3n) is 5.04.